The maximum absolute atomic E-state index is 4.64. The molecule has 0 aromatic rings. The van der Waals surface area contributed by atoms with Gasteiger partial charge in [-0.1, -0.05) is 0 Å². The summed E-state index contributed by atoms with van der Waals surface area (Å²) in [5.41, 5.74) is 0. The molecule has 0 fully saturated rings. The molecule has 0 bridgehead atoms. The number of rotatable bonds is 7. The summed E-state index contributed by atoms with van der Waals surface area (Å²) in [6.45, 7) is 7.16. The summed E-state index contributed by atoms with van der Waals surface area (Å²) in [5.74, 6) is 0. The molecule has 0 nitrogen and oxygen atoms in total. The van der Waals surface area contributed by atoms with Crippen LogP contribution in [0.5, 0.6) is 0 Å². The number of allylic oxidation sites excluding steroid dienone is 4. The fraction of sp³-hybridized carbons (Fsp3) is 0.789. The second kappa shape index (κ2) is 2.63. The minimum absolute atomic E-state index is 1.17. The van der Waals surface area contributed by atoms with Crippen LogP contribution in [-0.2, 0) is 10.2 Å². The van der Waals surface area contributed by atoms with Crippen LogP contribution in [0.15, 0.2) is 22.1 Å². The monoisotopic (exact) mass is 317 g/mol. The average molecular weight is 317 g/mol. The fourth-order valence-electron chi connectivity index (χ4n) is 7.81. The molecule has 0 saturated carbocycles. The molecule has 0 saturated heterocycles. The van der Waals surface area contributed by atoms with E-state index < -0.39 is 10.2 Å². The van der Waals surface area contributed by atoms with Gasteiger partial charge in [-0.3, -0.25) is 0 Å². The topological polar surface area (TPSA) is 0 Å². The number of hydrogen-bond acceptors (Lipinski definition) is 0. The summed E-state index contributed by atoms with van der Waals surface area (Å²) in [6, 6.07) is 0. The molecule has 0 aliphatic heterocycles. The van der Waals surface area contributed by atoms with Gasteiger partial charge in [0, 0.05) is 0 Å². The Morgan fingerprint density at radius 3 is 1.45 bits per heavy atom. The van der Waals surface area contributed by atoms with E-state index >= 15 is 0 Å². The third kappa shape index (κ3) is 2.13. The van der Waals surface area contributed by atoms with E-state index in [0.29, 0.717) is 0 Å². The standard InChI is InChI=1S/C5H5.3C3H7.5CH3.Ti/c1-2-4-5-3-1;3*1-3-2;;;;;;/h1-3H,4H2;3*1,3H2,2H3;5*1H3;. The molecule has 0 amide bonds. The molecule has 1 rings (SSSR count). The Morgan fingerprint density at radius 2 is 1.20 bits per heavy atom. The predicted molar refractivity (Wildman–Crippen MR) is 96.5 cm³/mol. The van der Waals surface area contributed by atoms with Crippen molar-refractivity contribution in [3.8, 4) is 0 Å². The first-order chi connectivity index (χ1) is 8.50. The zero-order chi connectivity index (χ0) is 16.0. The molecule has 1 aliphatic rings. The van der Waals surface area contributed by atoms with E-state index in [1.54, 1.807) is 3.88 Å². The maximum atomic E-state index is 2.77. The van der Waals surface area contributed by atoms with Crippen LogP contribution in [0.4, 0.5) is 0 Å². The summed E-state index contributed by atoms with van der Waals surface area (Å²) < 4.78 is 5.84. The van der Waals surface area contributed by atoms with Crippen LogP contribution in [0.3, 0.4) is 0 Å². The molecule has 1 heteroatoms. The molecule has 20 heavy (non-hydrogen) atoms. The van der Waals surface area contributed by atoms with Crippen molar-refractivity contribution in [2.45, 2.75) is 86.8 Å². The molecule has 1 aliphatic carbocycles. The van der Waals surface area contributed by atoms with Gasteiger partial charge in [0.1, 0.15) is 0 Å². The van der Waals surface area contributed by atoms with Crippen LogP contribution >= 0.6 is 0 Å². The van der Waals surface area contributed by atoms with Crippen molar-refractivity contribution >= 4 is 0 Å². The van der Waals surface area contributed by atoms with E-state index in [0.717, 1.165) is 0 Å². The van der Waals surface area contributed by atoms with Gasteiger partial charge in [-0.05, 0) is 0 Å². The van der Waals surface area contributed by atoms with Gasteiger partial charge in [0.2, 0.25) is 0 Å². The van der Waals surface area contributed by atoms with Crippen molar-refractivity contribution < 1.29 is 10.2 Å². The molecule has 0 unspecified atom stereocenters. The third-order valence-electron chi connectivity index (χ3n) is 8.99. The first-order valence-electron chi connectivity index (χ1n) is 9.15. The van der Waals surface area contributed by atoms with Gasteiger partial charge < -0.3 is 0 Å². The van der Waals surface area contributed by atoms with Gasteiger partial charge in [-0.2, -0.15) is 0 Å². The Labute approximate surface area is 119 Å². The fourth-order valence-corrected chi connectivity index (χ4v) is 31.1. The van der Waals surface area contributed by atoms with Gasteiger partial charge in [-0.15, -0.1) is 0 Å². The summed E-state index contributed by atoms with van der Waals surface area (Å²) in [5, 5.41) is 13.9. The van der Waals surface area contributed by atoms with Gasteiger partial charge in [0.25, 0.3) is 0 Å². The molecular weight excluding hydrogens is 276 g/mol. The van der Waals surface area contributed by atoms with Crippen molar-refractivity contribution in [1.29, 1.82) is 0 Å². The van der Waals surface area contributed by atoms with Crippen LogP contribution in [0, 0.1) is 0 Å². The molecule has 121 valence electrons. The van der Waals surface area contributed by atoms with Crippen molar-refractivity contribution in [3.63, 3.8) is 0 Å². The summed E-state index contributed by atoms with van der Waals surface area (Å²) in [7, 11) is -4.64. The molecule has 0 atom stereocenters. The summed E-state index contributed by atoms with van der Waals surface area (Å²) >= 11 is 0. The average Bonchev–Trinajstić information content (AvgIpc) is 2.70. The normalized spacial score (nSPS) is 26.4. The van der Waals surface area contributed by atoms with Gasteiger partial charge in [0.15, 0.2) is 0 Å². The summed E-state index contributed by atoms with van der Waals surface area (Å²) in [4.78, 5) is 0. The van der Waals surface area contributed by atoms with Crippen LogP contribution in [0.25, 0.3) is 0 Å². The SMILES string of the molecule is CC[CH2][Ti]([CH3])([CH3])([CH3])([CH3])([CH3])([CH2]CC)([CH2]CC)[C]1=CC=CC1. The second-order valence-corrected chi connectivity index (χ2v) is 59.8. The molecule has 0 aromatic carbocycles. The second-order valence-electron chi connectivity index (χ2n) is 16.4. The molecule has 0 heterocycles. The Morgan fingerprint density at radius 1 is 0.800 bits per heavy atom. The first-order valence-corrected chi connectivity index (χ1v) is 21.1. The third-order valence-corrected chi connectivity index (χ3v) is 35.3. The van der Waals surface area contributed by atoms with E-state index in [4.69, 9.17) is 0 Å². The Bertz CT molecular complexity index is 524. The number of hydrogen-bond donors (Lipinski definition) is 0. The molecule has 0 spiro atoms. The van der Waals surface area contributed by atoms with E-state index in [1.165, 1.54) is 39.9 Å². The van der Waals surface area contributed by atoms with Crippen LogP contribution in [0.1, 0.15) is 46.5 Å². The van der Waals surface area contributed by atoms with Crippen molar-refractivity contribution in [1.82, 2.24) is 0 Å². The van der Waals surface area contributed by atoms with E-state index in [1.807, 2.05) is 0 Å². The van der Waals surface area contributed by atoms with Crippen LogP contribution in [0.2, 0.25) is 40.3 Å². The van der Waals surface area contributed by atoms with Crippen LogP contribution in [-0.4, -0.2) is 0 Å². The molecule has 0 N–H and O–H groups in total. The Balaban J connectivity index is 4.11. The van der Waals surface area contributed by atoms with E-state index in [-0.39, 0.29) is 0 Å². The van der Waals surface area contributed by atoms with Gasteiger partial charge in [0.05, 0.1) is 0 Å². The van der Waals surface area contributed by atoms with Crippen molar-refractivity contribution in [2.75, 3.05) is 0 Å². The van der Waals surface area contributed by atoms with Gasteiger partial charge in [-0.25, -0.2) is 0 Å². The van der Waals surface area contributed by atoms with Gasteiger partial charge >= 0.3 is 119 Å². The predicted octanol–water partition coefficient (Wildman–Crippen LogP) is 8.39. The molecule has 0 aromatic heterocycles. The van der Waals surface area contributed by atoms with E-state index in [2.05, 4.69) is 65.1 Å². The first kappa shape index (κ1) is 18.2. The Hall–Kier alpha value is 0.194. The van der Waals surface area contributed by atoms with Crippen LogP contribution < -0.4 is 0 Å². The van der Waals surface area contributed by atoms with Crippen molar-refractivity contribution in [3.05, 3.63) is 22.1 Å². The quantitative estimate of drug-likeness (QED) is 0.413. The molecular formula is C19H41Ti. The zero-order valence-electron chi connectivity index (χ0n) is 15.7. The summed E-state index contributed by atoms with van der Waals surface area (Å²) in [6.07, 6.45) is 12.2. The van der Waals surface area contributed by atoms with Crippen molar-refractivity contribution in [2.24, 2.45) is 0 Å². The Kier molecular flexibility index (Phi) is 2.39. The van der Waals surface area contributed by atoms with E-state index in [9.17, 15) is 0 Å². The molecule has 0 radical (unpaired) electrons. The zero-order valence-corrected chi connectivity index (χ0v) is 17.2. The minimum atomic E-state index is -4.64.